The fraction of sp³-hybridized carbons (Fsp3) is 0.562. The Morgan fingerprint density at radius 1 is 1.35 bits per heavy atom. The molecular formula is C16H23FN2O. The SMILES string of the molecule is CC(C)(C)CN(CCCO)Cc1ccc(C#N)cc1F. The van der Waals surface area contributed by atoms with Crippen molar-refractivity contribution in [3.05, 3.63) is 35.1 Å². The zero-order valence-corrected chi connectivity index (χ0v) is 12.5. The van der Waals surface area contributed by atoms with Gasteiger partial charge in [-0.05, 0) is 24.0 Å². The van der Waals surface area contributed by atoms with Gasteiger partial charge in [-0.1, -0.05) is 26.8 Å². The second-order valence-corrected chi connectivity index (χ2v) is 6.27. The summed E-state index contributed by atoms with van der Waals surface area (Å²) in [5, 5.41) is 17.7. The molecule has 3 nitrogen and oxygen atoms in total. The molecule has 1 rings (SSSR count). The van der Waals surface area contributed by atoms with Gasteiger partial charge in [-0.3, -0.25) is 4.90 Å². The molecule has 0 amide bonds. The molecule has 0 aliphatic heterocycles. The van der Waals surface area contributed by atoms with Crippen LogP contribution in [0.1, 0.15) is 38.3 Å². The number of rotatable bonds is 6. The van der Waals surface area contributed by atoms with Gasteiger partial charge in [0.2, 0.25) is 0 Å². The highest BCUT2D eigenvalue weighted by atomic mass is 19.1. The van der Waals surface area contributed by atoms with Gasteiger partial charge in [0, 0.05) is 31.8 Å². The standard InChI is InChI=1S/C16H23FN2O/c1-16(2,3)12-19(7-4-8-20)11-14-6-5-13(10-18)9-15(14)17/h5-6,9,20H,4,7-8,11-12H2,1-3H3. The van der Waals surface area contributed by atoms with Crippen molar-refractivity contribution in [2.45, 2.75) is 33.7 Å². The predicted molar refractivity (Wildman–Crippen MR) is 77.5 cm³/mol. The van der Waals surface area contributed by atoms with E-state index >= 15 is 0 Å². The van der Waals surface area contributed by atoms with Crippen molar-refractivity contribution in [3.63, 3.8) is 0 Å². The van der Waals surface area contributed by atoms with E-state index in [0.717, 1.165) is 13.1 Å². The van der Waals surface area contributed by atoms with Crippen LogP contribution in [0.3, 0.4) is 0 Å². The lowest BCUT2D eigenvalue weighted by Crippen LogP contribution is -2.33. The lowest BCUT2D eigenvalue weighted by Gasteiger charge is -2.30. The minimum Gasteiger partial charge on any atom is -0.396 e. The third-order valence-corrected chi connectivity index (χ3v) is 2.91. The maximum Gasteiger partial charge on any atom is 0.129 e. The molecule has 0 aromatic heterocycles. The summed E-state index contributed by atoms with van der Waals surface area (Å²) in [7, 11) is 0. The summed E-state index contributed by atoms with van der Waals surface area (Å²) in [6.07, 6.45) is 0.675. The minimum atomic E-state index is -0.341. The molecule has 0 bridgehead atoms. The fourth-order valence-electron chi connectivity index (χ4n) is 2.17. The second kappa shape index (κ2) is 7.37. The van der Waals surface area contributed by atoms with Crippen LogP contribution in [0.4, 0.5) is 4.39 Å². The van der Waals surface area contributed by atoms with Crippen molar-refractivity contribution in [3.8, 4) is 6.07 Å². The van der Waals surface area contributed by atoms with Crippen LogP contribution in [0.25, 0.3) is 0 Å². The van der Waals surface area contributed by atoms with Gasteiger partial charge in [0.25, 0.3) is 0 Å². The van der Waals surface area contributed by atoms with E-state index in [0.29, 0.717) is 24.1 Å². The zero-order chi connectivity index (χ0) is 15.2. The van der Waals surface area contributed by atoms with E-state index in [1.54, 1.807) is 12.1 Å². The summed E-state index contributed by atoms with van der Waals surface area (Å²) in [4.78, 5) is 2.14. The normalized spacial score (nSPS) is 11.7. The fourth-order valence-corrected chi connectivity index (χ4v) is 2.17. The Morgan fingerprint density at radius 2 is 2.05 bits per heavy atom. The molecule has 0 atom stereocenters. The zero-order valence-electron chi connectivity index (χ0n) is 12.5. The topological polar surface area (TPSA) is 47.3 Å². The molecule has 1 N–H and O–H groups in total. The van der Waals surface area contributed by atoms with Crippen LogP contribution in [0.5, 0.6) is 0 Å². The van der Waals surface area contributed by atoms with E-state index in [2.05, 4.69) is 25.7 Å². The molecule has 4 heteroatoms. The molecule has 0 aliphatic carbocycles. The Kier molecular flexibility index (Phi) is 6.12. The van der Waals surface area contributed by atoms with Crippen molar-refractivity contribution in [2.24, 2.45) is 5.41 Å². The van der Waals surface area contributed by atoms with Crippen LogP contribution in [0.15, 0.2) is 18.2 Å². The van der Waals surface area contributed by atoms with E-state index in [9.17, 15) is 4.39 Å². The first-order chi connectivity index (χ1) is 9.35. The van der Waals surface area contributed by atoms with Gasteiger partial charge in [0.1, 0.15) is 5.82 Å². The Bertz CT molecular complexity index is 474. The number of aliphatic hydroxyl groups excluding tert-OH is 1. The number of nitrogens with zero attached hydrogens (tertiary/aromatic N) is 2. The van der Waals surface area contributed by atoms with Crippen LogP contribution in [0.2, 0.25) is 0 Å². The third kappa shape index (κ3) is 5.68. The summed E-state index contributed by atoms with van der Waals surface area (Å²) in [5.74, 6) is -0.341. The number of aliphatic hydroxyl groups is 1. The molecule has 0 radical (unpaired) electrons. The number of hydrogen-bond donors (Lipinski definition) is 1. The van der Waals surface area contributed by atoms with Crippen molar-refractivity contribution >= 4 is 0 Å². The molecule has 0 aliphatic rings. The second-order valence-electron chi connectivity index (χ2n) is 6.27. The van der Waals surface area contributed by atoms with Gasteiger partial charge in [-0.25, -0.2) is 4.39 Å². The molecular weight excluding hydrogens is 255 g/mol. The van der Waals surface area contributed by atoms with Crippen LogP contribution >= 0.6 is 0 Å². The van der Waals surface area contributed by atoms with Crippen LogP contribution in [-0.2, 0) is 6.54 Å². The molecule has 0 unspecified atom stereocenters. The lowest BCUT2D eigenvalue weighted by molar-refractivity contribution is 0.164. The Labute approximate surface area is 120 Å². The van der Waals surface area contributed by atoms with E-state index in [1.807, 2.05) is 6.07 Å². The molecule has 0 saturated heterocycles. The molecule has 1 aromatic rings. The molecule has 20 heavy (non-hydrogen) atoms. The summed E-state index contributed by atoms with van der Waals surface area (Å²) >= 11 is 0. The first-order valence-corrected chi connectivity index (χ1v) is 6.87. The Balaban J connectivity index is 2.81. The molecule has 0 saturated carbocycles. The van der Waals surface area contributed by atoms with E-state index in [-0.39, 0.29) is 17.8 Å². The number of nitriles is 1. The average Bonchev–Trinajstić information content (AvgIpc) is 2.36. The summed E-state index contributed by atoms with van der Waals surface area (Å²) < 4.78 is 13.9. The van der Waals surface area contributed by atoms with Crippen molar-refractivity contribution < 1.29 is 9.50 Å². The van der Waals surface area contributed by atoms with Gasteiger partial charge in [0.05, 0.1) is 11.6 Å². The van der Waals surface area contributed by atoms with Crippen LogP contribution in [-0.4, -0.2) is 29.7 Å². The van der Waals surface area contributed by atoms with Gasteiger partial charge < -0.3 is 5.11 Å². The molecule has 1 aromatic carbocycles. The molecule has 0 heterocycles. The molecule has 0 spiro atoms. The minimum absolute atomic E-state index is 0.110. The highest BCUT2D eigenvalue weighted by molar-refractivity contribution is 5.32. The maximum atomic E-state index is 13.9. The smallest absolute Gasteiger partial charge is 0.129 e. The highest BCUT2D eigenvalue weighted by Crippen LogP contribution is 2.19. The maximum absolute atomic E-state index is 13.9. The number of benzene rings is 1. The monoisotopic (exact) mass is 278 g/mol. The first kappa shape index (κ1) is 16.6. The Morgan fingerprint density at radius 3 is 2.55 bits per heavy atom. The van der Waals surface area contributed by atoms with Gasteiger partial charge in [-0.15, -0.1) is 0 Å². The lowest BCUT2D eigenvalue weighted by atomic mass is 9.95. The van der Waals surface area contributed by atoms with E-state index in [4.69, 9.17) is 10.4 Å². The van der Waals surface area contributed by atoms with Crippen molar-refractivity contribution in [1.29, 1.82) is 5.26 Å². The molecule has 0 fully saturated rings. The van der Waals surface area contributed by atoms with Crippen LogP contribution in [0, 0.1) is 22.6 Å². The van der Waals surface area contributed by atoms with Gasteiger partial charge in [-0.2, -0.15) is 5.26 Å². The average molecular weight is 278 g/mol. The number of halogens is 1. The molecule has 110 valence electrons. The van der Waals surface area contributed by atoms with Gasteiger partial charge in [0.15, 0.2) is 0 Å². The quantitative estimate of drug-likeness (QED) is 0.870. The van der Waals surface area contributed by atoms with E-state index in [1.165, 1.54) is 6.07 Å². The summed E-state index contributed by atoms with van der Waals surface area (Å²) in [6.45, 7) is 8.58. The largest absolute Gasteiger partial charge is 0.396 e. The first-order valence-electron chi connectivity index (χ1n) is 6.87. The van der Waals surface area contributed by atoms with Gasteiger partial charge >= 0.3 is 0 Å². The van der Waals surface area contributed by atoms with E-state index < -0.39 is 0 Å². The van der Waals surface area contributed by atoms with Crippen molar-refractivity contribution in [2.75, 3.05) is 19.7 Å². The third-order valence-electron chi connectivity index (χ3n) is 2.91. The van der Waals surface area contributed by atoms with Crippen molar-refractivity contribution in [1.82, 2.24) is 4.90 Å². The predicted octanol–water partition coefficient (Wildman–Crippen LogP) is 2.93. The number of hydrogen-bond acceptors (Lipinski definition) is 3. The highest BCUT2D eigenvalue weighted by Gasteiger charge is 2.17. The summed E-state index contributed by atoms with van der Waals surface area (Å²) in [6, 6.07) is 6.52. The summed E-state index contributed by atoms with van der Waals surface area (Å²) in [5.41, 5.74) is 1.04. The van der Waals surface area contributed by atoms with Crippen LogP contribution < -0.4 is 0 Å². The Hall–Kier alpha value is -1.44.